The fourth-order valence-corrected chi connectivity index (χ4v) is 5.07. The Balaban J connectivity index is 1.92. The van der Waals surface area contributed by atoms with Crippen LogP contribution in [-0.4, -0.2) is 32.8 Å². The number of hydrogen-bond donors (Lipinski definition) is 0. The lowest BCUT2D eigenvalue weighted by Gasteiger charge is -2.45. The van der Waals surface area contributed by atoms with Crippen molar-refractivity contribution >= 4 is 11.6 Å². The lowest BCUT2D eigenvalue weighted by molar-refractivity contribution is -0.162. The van der Waals surface area contributed by atoms with Crippen molar-refractivity contribution in [2.24, 2.45) is 0 Å². The van der Waals surface area contributed by atoms with Crippen LogP contribution in [0.15, 0.2) is 42.6 Å². The van der Waals surface area contributed by atoms with Crippen LogP contribution in [0.4, 0.5) is 4.39 Å². The van der Waals surface area contributed by atoms with E-state index >= 15 is 0 Å². The highest BCUT2D eigenvalue weighted by Crippen LogP contribution is 2.46. The quantitative estimate of drug-likeness (QED) is 0.482. The van der Waals surface area contributed by atoms with Crippen LogP contribution in [0.5, 0.6) is 5.88 Å². The first-order chi connectivity index (χ1) is 14.6. The third kappa shape index (κ3) is 4.32. The van der Waals surface area contributed by atoms with E-state index in [1.807, 2.05) is 16.7 Å². The molecule has 3 heterocycles. The number of methoxy groups -OCH3 is 1. The summed E-state index contributed by atoms with van der Waals surface area (Å²) < 4.78 is 27.2. The molecule has 164 valence electrons. The second-order valence-corrected chi connectivity index (χ2v) is 9.57. The van der Waals surface area contributed by atoms with Gasteiger partial charge in [0, 0.05) is 17.8 Å². The van der Waals surface area contributed by atoms with E-state index in [0.29, 0.717) is 22.4 Å². The highest BCUT2D eigenvalue weighted by atomic mass is 35.5. The zero-order chi connectivity index (χ0) is 22.4. The van der Waals surface area contributed by atoms with Gasteiger partial charge in [0.1, 0.15) is 11.0 Å². The van der Waals surface area contributed by atoms with Crippen molar-refractivity contribution in [2.75, 3.05) is 7.11 Å². The molecular formula is C24H27ClFN3O2. The summed E-state index contributed by atoms with van der Waals surface area (Å²) in [5, 5.41) is 0.506. The number of ether oxygens (including phenoxy) is 2. The Bertz CT molecular complexity index is 1080. The molecule has 0 bridgehead atoms. The summed E-state index contributed by atoms with van der Waals surface area (Å²) >= 11 is 6.97. The average Bonchev–Trinajstić information content (AvgIpc) is 3.03. The fourth-order valence-electron chi connectivity index (χ4n) is 4.69. The second kappa shape index (κ2) is 7.92. The van der Waals surface area contributed by atoms with Gasteiger partial charge in [0.15, 0.2) is 5.82 Å². The first-order valence-corrected chi connectivity index (χ1v) is 10.7. The van der Waals surface area contributed by atoms with E-state index in [0.717, 1.165) is 24.2 Å². The first-order valence-electron chi connectivity index (χ1n) is 10.3. The van der Waals surface area contributed by atoms with E-state index in [4.69, 9.17) is 26.1 Å². The Morgan fingerprint density at radius 2 is 1.74 bits per heavy atom. The molecule has 0 spiro atoms. The van der Waals surface area contributed by atoms with Gasteiger partial charge < -0.3 is 9.47 Å². The molecule has 0 radical (unpaired) electrons. The SMILES string of the molecule is COc1ncccc1-c1nc(C2CC(C)(C)OC(C)(C)C2)c(Cl)n1-c1ccc(F)cc1. The summed E-state index contributed by atoms with van der Waals surface area (Å²) in [7, 11) is 1.57. The number of imidazole rings is 1. The van der Waals surface area contributed by atoms with Gasteiger partial charge in [-0.15, -0.1) is 0 Å². The van der Waals surface area contributed by atoms with E-state index in [-0.39, 0.29) is 22.9 Å². The number of hydrogen-bond acceptors (Lipinski definition) is 4. The third-order valence-corrected chi connectivity index (χ3v) is 5.91. The van der Waals surface area contributed by atoms with Crippen molar-refractivity contribution in [3.63, 3.8) is 0 Å². The highest BCUT2D eigenvalue weighted by molar-refractivity contribution is 6.30. The van der Waals surface area contributed by atoms with Gasteiger partial charge in [-0.25, -0.2) is 14.4 Å². The lowest BCUT2D eigenvalue weighted by atomic mass is 9.79. The first kappa shape index (κ1) is 21.8. The molecule has 7 heteroatoms. The van der Waals surface area contributed by atoms with Crippen LogP contribution < -0.4 is 4.74 Å². The molecule has 1 saturated heterocycles. The predicted octanol–water partition coefficient (Wildman–Crippen LogP) is 6.19. The van der Waals surface area contributed by atoms with Crippen molar-refractivity contribution in [3.05, 3.63) is 59.3 Å². The minimum atomic E-state index is -0.311. The van der Waals surface area contributed by atoms with E-state index in [9.17, 15) is 4.39 Å². The van der Waals surface area contributed by atoms with Gasteiger partial charge in [0.2, 0.25) is 5.88 Å². The zero-order valence-corrected chi connectivity index (χ0v) is 19.2. The van der Waals surface area contributed by atoms with Crippen molar-refractivity contribution in [1.82, 2.24) is 14.5 Å². The van der Waals surface area contributed by atoms with Gasteiger partial charge in [-0.3, -0.25) is 4.57 Å². The third-order valence-electron chi connectivity index (χ3n) is 5.55. The highest BCUT2D eigenvalue weighted by Gasteiger charge is 2.42. The molecular weight excluding hydrogens is 417 g/mol. The van der Waals surface area contributed by atoms with Crippen LogP contribution in [0.1, 0.15) is 52.1 Å². The maximum atomic E-state index is 13.6. The molecule has 1 aromatic carbocycles. The van der Waals surface area contributed by atoms with Crippen molar-refractivity contribution in [3.8, 4) is 23.0 Å². The van der Waals surface area contributed by atoms with E-state index < -0.39 is 0 Å². The second-order valence-electron chi connectivity index (χ2n) is 9.21. The molecule has 31 heavy (non-hydrogen) atoms. The average molecular weight is 444 g/mol. The molecule has 0 N–H and O–H groups in total. The molecule has 0 aliphatic carbocycles. The van der Waals surface area contributed by atoms with Crippen LogP contribution in [0, 0.1) is 5.82 Å². The Labute approximate surface area is 187 Å². The van der Waals surface area contributed by atoms with Gasteiger partial charge in [-0.05, 0) is 76.9 Å². The Kier molecular flexibility index (Phi) is 5.56. The molecule has 1 aliphatic rings. The summed E-state index contributed by atoms with van der Waals surface area (Å²) in [6, 6.07) is 9.93. The summed E-state index contributed by atoms with van der Waals surface area (Å²) in [4.78, 5) is 9.33. The molecule has 0 unspecified atom stereocenters. The smallest absolute Gasteiger partial charge is 0.224 e. The number of benzene rings is 1. The number of rotatable bonds is 4. The summed E-state index contributed by atoms with van der Waals surface area (Å²) in [5.41, 5.74) is 1.63. The molecule has 4 rings (SSSR count). The molecule has 1 aliphatic heterocycles. The summed E-state index contributed by atoms with van der Waals surface area (Å²) in [6.07, 6.45) is 3.25. The molecule has 0 saturated carbocycles. The molecule has 1 fully saturated rings. The minimum Gasteiger partial charge on any atom is -0.480 e. The van der Waals surface area contributed by atoms with Crippen molar-refractivity contribution < 1.29 is 13.9 Å². The van der Waals surface area contributed by atoms with Crippen LogP contribution in [0.2, 0.25) is 5.15 Å². The maximum absolute atomic E-state index is 13.6. The number of nitrogens with zero attached hydrogens (tertiary/aromatic N) is 3. The summed E-state index contributed by atoms with van der Waals surface area (Å²) in [5.74, 6) is 0.855. The lowest BCUT2D eigenvalue weighted by Crippen LogP contribution is -2.44. The fraction of sp³-hybridized carbons (Fsp3) is 0.417. The molecule has 0 atom stereocenters. The van der Waals surface area contributed by atoms with Gasteiger partial charge in [-0.2, -0.15) is 0 Å². The molecule has 5 nitrogen and oxygen atoms in total. The van der Waals surface area contributed by atoms with Gasteiger partial charge in [0.25, 0.3) is 0 Å². The minimum absolute atomic E-state index is 0.106. The normalized spacial score (nSPS) is 18.2. The Morgan fingerprint density at radius 1 is 1.10 bits per heavy atom. The largest absolute Gasteiger partial charge is 0.480 e. The molecule has 2 aromatic heterocycles. The monoisotopic (exact) mass is 443 g/mol. The van der Waals surface area contributed by atoms with E-state index in [1.165, 1.54) is 12.1 Å². The zero-order valence-electron chi connectivity index (χ0n) is 18.4. The number of aromatic nitrogens is 3. The topological polar surface area (TPSA) is 49.2 Å². The van der Waals surface area contributed by atoms with Crippen molar-refractivity contribution in [1.29, 1.82) is 0 Å². The van der Waals surface area contributed by atoms with Gasteiger partial charge in [-0.1, -0.05) is 11.6 Å². The van der Waals surface area contributed by atoms with Gasteiger partial charge in [0.05, 0.1) is 29.6 Å². The standard InChI is InChI=1S/C24H27ClFN3O2/c1-23(2)13-15(14-24(3,4)31-23)19-20(25)29(17-10-8-16(26)9-11-17)21(28-19)18-7-6-12-27-22(18)30-5/h6-12,15H,13-14H2,1-5H3. The summed E-state index contributed by atoms with van der Waals surface area (Å²) in [6.45, 7) is 8.38. The maximum Gasteiger partial charge on any atom is 0.224 e. The van der Waals surface area contributed by atoms with Crippen LogP contribution >= 0.6 is 11.6 Å². The number of pyridine rings is 1. The number of halogens is 2. The van der Waals surface area contributed by atoms with Crippen molar-refractivity contribution in [2.45, 2.75) is 57.7 Å². The van der Waals surface area contributed by atoms with Crippen LogP contribution in [0.25, 0.3) is 17.1 Å². The predicted molar refractivity (Wildman–Crippen MR) is 120 cm³/mol. The van der Waals surface area contributed by atoms with E-state index in [1.54, 1.807) is 25.4 Å². The molecule has 3 aromatic rings. The van der Waals surface area contributed by atoms with Crippen LogP contribution in [-0.2, 0) is 4.74 Å². The Hall–Kier alpha value is -2.44. The molecule has 0 amide bonds. The Morgan fingerprint density at radius 3 is 2.35 bits per heavy atom. The van der Waals surface area contributed by atoms with Crippen LogP contribution in [0.3, 0.4) is 0 Å². The van der Waals surface area contributed by atoms with Gasteiger partial charge >= 0.3 is 0 Å². The van der Waals surface area contributed by atoms with E-state index in [2.05, 4.69) is 32.7 Å².